The lowest BCUT2D eigenvalue weighted by Crippen LogP contribution is -2.26. The highest BCUT2D eigenvalue weighted by molar-refractivity contribution is 7.10. The summed E-state index contributed by atoms with van der Waals surface area (Å²) in [6.45, 7) is 4.43. The summed E-state index contributed by atoms with van der Waals surface area (Å²) in [6, 6.07) is 3.50. The summed E-state index contributed by atoms with van der Waals surface area (Å²) in [6.07, 6.45) is 2.56. The minimum absolute atomic E-state index is 0.600. The molecular weight excluding hydrogens is 166 g/mol. The van der Waals surface area contributed by atoms with Crippen molar-refractivity contribution in [3.8, 4) is 0 Å². The first-order valence-corrected chi connectivity index (χ1v) is 5.47. The molecule has 1 aromatic heterocycles. The third-order valence-electron chi connectivity index (χ3n) is 2.33. The van der Waals surface area contributed by atoms with E-state index in [-0.39, 0.29) is 0 Å². The summed E-state index contributed by atoms with van der Waals surface area (Å²) in [7, 11) is 0. The number of hydrogen-bond donors (Lipinski definition) is 1. The Morgan fingerprint density at radius 3 is 3.17 bits per heavy atom. The molecule has 1 N–H and O–H groups in total. The Labute approximate surface area is 77.8 Å². The zero-order valence-electron chi connectivity index (χ0n) is 7.63. The van der Waals surface area contributed by atoms with Gasteiger partial charge < -0.3 is 5.32 Å². The van der Waals surface area contributed by atoms with Gasteiger partial charge in [0.15, 0.2) is 0 Å². The van der Waals surface area contributed by atoms with Gasteiger partial charge in [-0.3, -0.25) is 0 Å². The van der Waals surface area contributed by atoms with Crippen molar-refractivity contribution in [2.75, 3.05) is 0 Å². The number of rotatable bonds is 2. The Bertz CT molecular complexity index is 265. The Hall–Kier alpha value is -0.340. The molecule has 1 aliphatic carbocycles. The second-order valence-electron chi connectivity index (χ2n) is 3.72. The second-order valence-corrected chi connectivity index (χ2v) is 4.67. The monoisotopic (exact) mass is 181 g/mol. The van der Waals surface area contributed by atoms with Gasteiger partial charge in [0.25, 0.3) is 0 Å². The van der Waals surface area contributed by atoms with E-state index in [1.165, 1.54) is 12.8 Å². The molecule has 0 saturated carbocycles. The molecule has 0 aromatic carbocycles. The molecule has 1 nitrogen and oxygen atoms in total. The van der Waals surface area contributed by atoms with Gasteiger partial charge >= 0.3 is 0 Å². The summed E-state index contributed by atoms with van der Waals surface area (Å²) >= 11 is 1.90. The van der Waals surface area contributed by atoms with Gasteiger partial charge in [0.05, 0.1) is 0 Å². The van der Waals surface area contributed by atoms with Gasteiger partial charge in [0, 0.05) is 17.0 Å². The van der Waals surface area contributed by atoms with Crippen molar-refractivity contribution in [3.63, 3.8) is 0 Å². The van der Waals surface area contributed by atoms with E-state index in [1.807, 2.05) is 11.3 Å². The van der Waals surface area contributed by atoms with E-state index in [1.54, 1.807) is 10.4 Å². The van der Waals surface area contributed by atoms with Gasteiger partial charge in [-0.2, -0.15) is 0 Å². The molecular formula is C10H15NS. The maximum atomic E-state index is 3.59. The van der Waals surface area contributed by atoms with E-state index in [0.29, 0.717) is 12.1 Å². The van der Waals surface area contributed by atoms with Crippen LogP contribution in [0.4, 0.5) is 0 Å². The van der Waals surface area contributed by atoms with Crippen LogP contribution >= 0.6 is 11.3 Å². The molecule has 0 aliphatic heterocycles. The average molecular weight is 181 g/mol. The van der Waals surface area contributed by atoms with Crippen LogP contribution in [0.3, 0.4) is 0 Å². The Kier molecular flexibility index (Phi) is 2.20. The van der Waals surface area contributed by atoms with Crippen LogP contribution in [0.5, 0.6) is 0 Å². The van der Waals surface area contributed by atoms with Gasteiger partial charge in [0.2, 0.25) is 0 Å². The first-order valence-electron chi connectivity index (χ1n) is 4.59. The van der Waals surface area contributed by atoms with Crippen molar-refractivity contribution in [1.29, 1.82) is 0 Å². The van der Waals surface area contributed by atoms with E-state index in [0.717, 1.165) is 0 Å². The topological polar surface area (TPSA) is 12.0 Å². The van der Waals surface area contributed by atoms with Crippen molar-refractivity contribution in [2.24, 2.45) is 0 Å². The lowest BCUT2D eigenvalue weighted by atomic mass is 10.2. The minimum atomic E-state index is 0.600. The predicted molar refractivity (Wildman–Crippen MR) is 53.7 cm³/mol. The number of hydrogen-bond acceptors (Lipinski definition) is 2. The fourth-order valence-corrected chi connectivity index (χ4v) is 2.90. The van der Waals surface area contributed by atoms with Crippen molar-refractivity contribution >= 4 is 11.3 Å². The molecule has 1 aromatic rings. The molecule has 1 aliphatic rings. The number of fused-ring (bicyclic) bond motifs is 1. The zero-order valence-corrected chi connectivity index (χ0v) is 8.45. The van der Waals surface area contributed by atoms with Gasteiger partial charge in [0.1, 0.15) is 0 Å². The van der Waals surface area contributed by atoms with Crippen LogP contribution in [0.1, 0.15) is 36.8 Å². The van der Waals surface area contributed by atoms with E-state index < -0.39 is 0 Å². The maximum Gasteiger partial charge on any atom is 0.0422 e. The van der Waals surface area contributed by atoms with E-state index >= 15 is 0 Å². The average Bonchev–Trinajstić information content (AvgIpc) is 2.52. The predicted octanol–water partition coefficient (Wildman–Crippen LogP) is 2.73. The smallest absolute Gasteiger partial charge is 0.0422 e. The van der Waals surface area contributed by atoms with Crippen LogP contribution in [-0.2, 0) is 6.42 Å². The molecule has 0 amide bonds. The first kappa shape index (κ1) is 8.27. The normalized spacial score (nSPS) is 21.8. The van der Waals surface area contributed by atoms with E-state index in [9.17, 15) is 0 Å². The highest BCUT2D eigenvalue weighted by Crippen LogP contribution is 2.35. The molecule has 1 unspecified atom stereocenters. The number of thiophene rings is 1. The summed E-state index contributed by atoms with van der Waals surface area (Å²) in [5.41, 5.74) is 1.57. The molecule has 1 atom stereocenters. The van der Waals surface area contributed by atoms with Crippen LogP contribution < -0.4 is 5.32 Å². The number of aryl methyl sites for hydroxylation is 1. The lowest BCUT2D eigenvalue weighted by molar-refractivity contribution is 0.479. The van der Waals surface area contributed by atoms with Crippen LogP contribution in [0.25, 0.3) is 0 Å². The SMILES string of the molecule is CC(C)NC1CCc2ccsc21. The largest absolute Gasteiger partial charge is 0.307 e. The Balaban J connectivity index is 2.12. The third-order valence-corrected chi connectivity index (χ3v) is 3.41. The molecule has 0 fully saturated rings. The maximum absolute atomic E-state index is 3.59. The fourth-order valence-electron chi connectivity index (χ4n) is 1.85. The van der Waals surface area contributed by atoms with Crippen molar-refractivity contribution in [2.45, 2.75) is 38.8 Å². The standard InChI is InChI=1S/C10H15NS/c1-7(2)11-9-4-3-8-5-6-12-10(8)9/h5-7,9,11H,3-4H2,1-2H3. The molecule has 1 heterocycles. The summed E-state index contributed by atoms with van der Waals surface area (Å²) < 4.78 is 0. The minimum Gasteiger partial charge on any atom is -0.307 e. The Morgan fingerprint density at radius 1 is 1.58 bits per heavy atom. The van der Waals surface area contributed by atoms with Crippen molar-refractivity contribution in [3.05, 3.63) is 21.9 Å². The molecule has 12 heavy (non-hydrogen) atoms. The zero-order chi connectivity index (χ0) is 8.55. The molecule has 2 heteroatoms. The summed E-state index contributed by atoms with van der Waals surface area (Å²) in [5, 5.41) is 5.80. The van der Waals surface area contributed by atoms with Crippen molar-refractivity contribution in [1.82, 2.24) is 5.32 Å². The molecule has 2 rings (SSSR count). The molecule has 0 saturated heterocycles. The molecule has 0 radical (unpaired) electrons. The molecule has 0 spiro atoms. The quantitative estimate of drug-likeness (QED) is 0.739. The molecule has 0 bridgehead atoms. The summed E-state index contributed by atoms with van der Waals surface area (Å²) in [5.74, 6) is 0. The van der Waals surface area contributed by atoms with Crippen molar-refractivity contribution < 1.29 is 0 Å². The van der Waals surface area contributed by atoms with Crippen LogP contribution in [0.15, 0.2) is 11.4 Å². The second kappa shape index (κ2) is 3.19. The fraction of sp³-hybridized carbons (Fsp3) is 0.600. The summed E-state index contributed by atoms with van der Waals surface area (Å²) in [4.78, 5) is 1.57. The van der Waals surface area contributed by atoms with E-state index in [2.05, 4.69) is 30.6 Å². The van der Waals surface area contributed by atoms with Gasteiger partial charge in [-0.1, -0.05) is 13.8 Å². The van der Waals surface area contributed by atoms with Gasteiger partial charge in [-0.05, 0) is 29.9 Å². The van der Waals surface area contributed by atoms with Gasteiger partial charge in [-0.25, -0.2) is 0 Å². The number of nitrogens with one attached hydrogen (secondary N) is 1. The lowest BCUT2D eigenvalue weighted by Gasteiger charge is -2.15. The molecule has 66 valence electrons. The van der Waals surface area contributed by atoms with Gasteiger partial charge in [-0.15, -0.1) is 11.3 Å². The first-order chi connectivity index (χ1) is 5.77. The van der Waals surface area contributed by atoms with Crippen LogP contribution in [0, 0.1) is 0 Å². The highest BCUT2D eigenvalue weighted by Gasteiger charge is 2.23. The van der Waals surface area contributed by atoms with Crippen LogP contribution in [-0.4, -0.2) is 6.04 Å². The van der Waals surface area contributed by atoms with Crippen LogP contribution in [0.2, 0.25) is 0 Å². The Morgan fingerprint density at radius 2 is 2.42 bits per heavy atom. The highest BCUT2D eigenvalue weighted by atomic mass is 32.1. The third kappa shape index (κ3) is 1.41. The van der Waals surface area contributed by atoms with E-state index in [4.69, 9.17) is 0 Å².